The molecule has 2 aromatic heterocycles. The third-order valence-corrected chi connectivity index (χ3v) is 5.90. The fourth-order valence-corrected chi connectivity index (χ4v) is 4.21. The first-order valence-corrected chi connectivity index (χ1v) is 9.60. The lowest BCUT2D eigenvalue weighted by atomic mass is 10.1. The summed E-state index contributed by atoms with van der Waals surface area (Å²) in [6.45, 7) is 4.53. The molecule has 3 aromatic rings. The Kier molecular flexibility index (Phi) is 4.61. The van der Waals surface area contributed by atoms with Crippen molar-refractivity contribution < 1.29 is 9.21 Å². The summed E-state index contributed by atoms with van der Waals surface area (Å²) < 4.78 is 5.59. The molecule has 5 nitrogen and oxygen atoms in total. The van der Waals surface area contributed by atoms with Gasteiger partial charge in [-0.1, -0.05) is 12.1 Å². The second kappa shape index (κ2) is 7.05. The van der Waals surface area contributed by atoms with Crippen molar-refractivity contribution in [1.82, 2.24) is 10.2 Å². The molecule has 1 atom stereocenters. The van der Waals surface area contributed by atoms with Gasteiger partial charge in [0.05, 0.1) is 5.39 Å². The molecule has 1 N–H and O–H groups in total. The molecule has 134 valence electrons. The van der Waals surface area contributed by atoms with Gasteiger partial charge in [0, 0.05) is 36.6 Å². The number of amides is 1. The molecular weight excluding hydrogens is 348 g/mol. The molecule has 1 aromatic carbocycles. The van der Waals surface area contributed by atoms with Crippen molar-refractivity contribution in [1.29, 1.82) is 0 Å². The van der Waals surface area contributed by atoms with Gasteiger partial charge in [-0.25, -0.2) is 0 Å². The zero-order chi connectivity index (χ0) is 18.1. The van der Waals surface area contributed by atoms with Gasteiger partial charge in [-0.2, -0.15) is 0 Å². The van der Waals surface area contributed by atoms with Crippen LogP contribution in [-0.2, 0) is 13.0 Å². The minimum absolute atomic E-state index is 0.0552. The number of fused-ring (bicyclic) bond motifs is 2. The van der Waals surface area contributed by atoms with E-state index in [1.807, 2.05) is 11.3 Å². The summed E-state index contributed by atoms with van der Waals surface area (Å²) in [4.78, 5) is 28.4. The molecule has 26 heavy (non-hydrogen) atoms. The maximum absolute atomic E-state index is 12.4. The van der Waals surface area contributed by atoms with Crippen molar-refractivity contribution in [2.75, 3.05) is 13.1 Å². The fraction of sp³-hybridized carbons (Fsp3) is 0.300. The molecule has 1 aliphatic rings. The molecular formula is C20H20N2O3S. The van der Waals surface area contributed by atoms with Crippen LogP contribution in [0.4, 0.5) is 0 Å². The van der Waals surface area contributed by atoms with Gasteiger partial charge in [0.15, 0.2) is 11.2 Å². The van der Waals surface area contributed by atoms with Crippen LogP contribution in [0.25, 0.3) is 11.0 Å². The van der Waals surface area contributed by atoms with Gasteiger partial charge in [-0.3, -0.25) is 14.5 Å². The Hall–Kier alpha value is -2.44. The zero-order valence-electron chi connectivity index (χ0n) is 14.5. The van der Waals surface area contributed by atoms with Gasteiger partial charge in [0.25, 0.3) is 5.91 Å². The van der Waals surface area contributed by atoms with Crippen LogP contribution in [0.3, 0.4) is 0 Å². The first kappa shape index (κ1) is 17.0. The molecule has 4 rings (SSSR count). The Morgan fingerprint density at radius 2 is 2.19 bits per heavy atom. The molecule has 0 saturated heterocycles. The Morgan fingerprint density at radius 1 is 1.35 bits per heavy atom. The standard InChI is InChI=1S/C20H20N2O3S/c1-13(22-8-6-19-14(12-22)7-9-26-19)11-21-20(24)18-10-16(23)15-4-2-3-5-17(15)25-18/h2-5,7,9-10,13H,6,8,11-12H2,1H3,(H,21,24). The van der Waals surface area contributed by atoms with Crippen LogP contribution in [0.15, 0.2) is 51.0 Å². The Bertz CT molecular complexity index is 1010. The zero-order valence-corrected chi connectivity index (χ0v) is 15.3. The van der Waals surface area contributed by atoms with E-state index >= 15 is 0 Å². The Morgan fingerprint density at radius 3 is 3.08 bits per heavy atom. The van der Waals surface area contributed by atoms with Gasteiger partial charge in [0.2, 0.25) is 0 Å². The maximum Gasteiger partial charge on any atom is 0.287 e. The number of nitrogens with one attached hydrogen (secondary N) is 1. The quantitative estimate of drug-likeness (QED) is 0.769. The summed E-state index contributed by atoms with van der Waals surface area (Å²) in [7, 11) is 0. The van der Waals surface area contributed by atoms with Crippen molar-refractivity contribution in [3.05, 3.63) is 68.2 Å². The van der Waals surface area contributed by atoms with Gasteiger partial charge in [-0.05, 0) is 42.5 Å². The van der Waals surface area contributed by atoms with Crippen molar-refractivity contribution in [2.45, 2.75) is 25.9 Å². The summed E-state index contributed by atoms with van der Waals surface area (Å²) in [5, 5.41) is 5.52. The highest BCUT2D eigenvalue weighted by Gasteiger charge is 2.22. The molecule has 0 bridgehead atoms. The van der Waals surface area contributed by atoms with E-state index in [2.05, 4.69) is 28.6 Å². The molecule has 0 spiro atoms. The van der Waals surface area contributed by atoms with E-state index < -0.39 is 0 Å². The highest BCUT2D eigenvalue weighted by Crippen LogP contribution is 2.25. The summed E-state index contributed by atoms with van der Waals surface area (Å²) in [5.41, 5.74) is 1.62. The molecule has 0 fully saturated rings. The lowest BCUT2D eigenvalue weighted by Crippen LogP contribution is -2.44. The molecule has 0 aliphatic carbocycles. The number of rotatable bonds is 4. The average Bonchev–Trinajstić information content (AvgIpc) is 3.13. The lowest BCUT2D eigenvalue weighted by Gasteiger charge is -2.32. The second-order valence-electron chi connectivity index (χ2n) is 6.62. The van der Waals surface area contributed by atoms with Gasteiger partial charge in [0.1, 0.15) is 5.58 Å². The van der Waals surface area contributed by atoms with Crippen molar-refractivity contribution >= 4 is 28.2 Å². The molecule has 1 aliphatic heterocycles. The lowest BCUT2D eigenvalue weighted by molar-refractivity contribution is 0.0905. The number of hydrogen-bond acceptors (Lipinski definition) is 5. The smallest absolute Gasteiger partial charge is 0.287 e. The number of para-hydroxylation sites is 1. The SMILES string of the molecule is CC(CNC(=O)c1cc(=O)c2ccccc2o1)N1CCc2sccc2C1. The van der Waals surface area contributed by atoms with Crippen molar-refractivity contribution in [3.63, 3.8) is 0 Å². The van der Waals surface area contributed by atoms with Crippen LogP contribution < -0.4 is 10.7 Å². The van der Waals surface area contributed by atoms with Gasteiger partial charge < -0.3 is 9.73 Å². The number of benzene rings is 1. The molecule has 6 heteroatoms. The van der Waals surface area contributed by atoms with Crippen LogP contribution in [-0.4, -0.2) is 29.9 Å². The molecule has 1 amide bonds. The minimum atomic E-state index is -0.354. The molecule has 1 unspecified atom stereocenters. The predicted molar refractivity (Wildman–Crippen MR) is 103 cm³/mol. The highest BCUT2D eigenvalue weighted by atomic mass is 32.1. The monoisotopic (exact) mass is 368 g/mol. The van der Waals surface area contributed by atoms with Crippen molar-refractivity contribution in [2.24, 2.45) is 0 Å². The minimum Gasteiger partial charge on any atom is -0.451 e. The van der Waals surface area contributed by atoms with Crippen LogP contribution >= 0.6 is 11.3 Å². The molecule has 3 heterocycles. The largest absolute Gasteiger partial charge is 0.451 e. The number of hydrogen-bond donors (Lipinski definition) is 1. The third-order valence-electron chi connectivity index (χ3n) is 4.88. The van der Waals surface area contributed by atoms with Crippen LogP contribution in [0.5, 0.6) is 0 Å². The number of thiophene rings is 1. The van der Waals surface area contributed by atoms with E-state index in [1.54, 1.807) is 24.3 Å². The third kappa shape index (κ3) is 3.30. The Labute approximate surface area is 155 Å². The number of carbonyl (C=O) groups is 1. The van der Waals surface area contributed by atoms with E-state index in [-0.39, 0.29) is 23.1 Å². The van der Waals surface area contributed by atoms with Gasteiger partial charge >= 0.3 is 0 Å². The summed E-state index contributed by atoms with van der Waals surface area (Å²) >= 11 is 1.82. The first-order chi connectivity index (χ1) is 12.6. The molecule has 0 radical (unpaired) electrons. The highest BCUT2D eigenvalue weighted by molar-refractivity contribution is 7.10. The Balaban J connectivity index is 1.42. The van der Waals surface area contributed by atoms with Crippen LogP contribution in [0.1, 0.15) is 27.9 Å². The normalized spacial score (nSPS) is 15.6. The summed E-state index contributed by atoms with van der Waals surface area (Å²) in [6.07, 6.45) is 1.06. The molecule has 0 saturated carbocycles. The van der Waals surface area contributed by atoms with E-state index in [1.165, 1.54) is 16.5 Å². The van der Waals surface area contributed by atoms with E-state index in [9.17, 15) is 9.59 Å². The average molecular weight is 368 g/mol. The summed E-state index contributed by atoms with van der Waals surface area (Å²) in [6, 6.07) is 10.6. The number of carbonyl (C=O) groups excluding carboxylic acids is 1. The number of nitrogens with zero attached hydrogens (tertiary/aromatic N) is 1. The first-order valence-electron chi connectivity index (χ1n) is 8.72. The predicted octanol–water partition coefficient (Wildman–Crippen LogP) is 3.03. The van der Waals surface area contributed by atoms with Crippen LogP contribution in [0, 0.1) is 0 Å². The van der Waals surface area contributed by atoms with E-state index in [0.717, 1.165) is 19.5 Å². The summed E-state index contributed by atoms with van der Waals surface area (Å²) in [5.74, 6) is -0.299. The topological polar surface area (TPSA) is 62.6 Å². The maximum atomic E-state index is 12.4. The van der Waals surface area contributed by atoms with E-state index in [0.29, 0.717) is 17.5 Å². The second-order valence-corrected chi connectivity index (χ2v) is 7.62. The van der Waals surface area contributed by atoms with Crippen molar-refractivity contribution in [3.8, 4) is 0 Å². The fourth-order valence-electron chi connectivity index (χ4n) is 3.32. The van der Waals surface area contributed by atoms with Gasteiger partial charge in [-0.15, -0.1) is 11.3 Å². The van der Waals surface area contributed by atoms with E-state index in [4.69, 9.17) is 4.42 Å². The van der Waals surface area contributed by atoms with Crippen LogP contribution in [0.2, 0.25) is 0 Å².